The Morgan fingerprint density at radius 3 is 2.36 bits per heavy atom. The van der Waals surface area contributed by atoms with Gasteiger partial charge in [0.25, 0.3) is 0 Å². The SMILES string of the molecule is CC(N)C(O)c1cc(Cl)n(C(C)C)c1. The second-order valence-corrected chi connectivity index (χ2v) is 4.29. The van der Waals surface area contributed by atoms with E-state index in [0.29, 0.717) is 5.15 Å². The van der Waals surface area contributed by atoms with Crippen molar-refractivity contribution in [3.63, 3.8) is 0 Å². The first kappa shape index (κ1) is 11.6. The van der Waals surface area contributed by atoms with Crippen LogP contribution in [-0.2, 0) is 0 Å². The van der Waals surface area contributed by atoms with Gasteiger partial charge >= 0.3 is 0 Å². The molecule has 1 aromatic rings. The highest BCUT2D eigenvalue weighted by atomic mass is 35.5. The third kappa shape index (κ3) is 2.29. The highest BCUT2D eigenvalue weighted by Gasteiger charge is 2.16. The van der Waals surface area contributed by atoms with Gasteiger partial charge < -0.3 is 15.4 Å². The second-order valence-electron chi connectivity index (χ2n) is 3.90. The van der Waals surface area contributed by atoms with Crippen molar-refractivity contribution in [3.8, 4) is 0 Å². The molecule has 14 heavy (non-hydrogen) atoms. The molecule has 1 rings (SSSR count). The molecule has 1 heterocycles. The Morgan fingerprint density at radius 2 is 2.00 bits per heavy atom. The summed E-state index contributed by atoms with van der Waals surface area (Å²) in [6, 6.07) is 1.76. The summed E-state index contributed by atoms with van der Waals surface area (Å²) in [6.07, 6.45) is 1.20. The minimum atomic E-state index is -0.646. The van der Waals surface area contributed by atoms with E-state index in [2.05, 4.69) is 0 Å². The van der Waals surface area contributed by atoms with Crippen LogP contribution in [0.2, 0.25) is 5.15 Å². The smallest absolute Gasteiger partial charge is 0.109 e. The molecule has 0 bridgehead atoms. The van der Waals surface area contributed by atoms with Crippen LogP contribution in [0.1, 0.15) is 38.5 Å². The van der Waals surface area contributed by atoms with Crippen LogP contribution in [0, 0.1) is 0 Å². The Labute approximate surface area is 89.5 Å². The molecule has 80 valence electrons. The van der Waals surface area contributed by atoms with E-state index in [1.807, 2.05) is 24.6 Å². The predicted octanol–water partition coefficient (Wildman–Crippen LogP) is 2.10. The van der Waals surface area contributed by atoms with E-state index in [4.69, 9.17) is 17.3 Å². The second kappa shape index (κ2) is 4.34. The summed E-state index contributed by atoms with van der Waals surface area (Å²) >= 11 is 6.00. The van der Waals surface area contributed by atoms with Crippen LogP contribution in [0.3, 0.4) is 0 Å². The molecule has 0 radical (unpaired) electrons. The van der Waals surface area contributed by atoms with Gasteiger partial charge in [0.05, 0.1) is 6.10 Å². The molecule has 2 unspecified atom stereocenters. The van der Waals surface area contributed by atoms with Gasteiger partial charge in [-0.3, -0.25) is 0 Å². The normalized spacial score (nSPS) is 15.9. The zero-order valence-corrected chi connectivity index (χ0v) is 9.49. The van der Waals surface area contributed by atoms with E-state index in [1.165, 1.54) is 0 Å². The zero-order valence-electron chi connectivity index (χ0n) is 8.74. The number of nitrogens with two attached hydrogens (primary N) is 1. The zero-order chi connectivity index (χ0) is 10.9. The van der Waals surface area contributed by atoms with Crippen LogP contribution in [-0.4, -0.2) is 15.7 Å². The third-order valence-corrected chi connectivity index (χ3v) is 2.52. The molecule has 1 aromatic heterocycles. The molecule has 0 saturated heterocycles. The summed E-state index contributed by atoms with van der Waals surface area (Å²) in [6.45, 7) is 5.84. The number of rotatable bonds is 3. The number of halogens is 1. The number of aromatic nitrogens is 1. The van der Waals surface area contributed by atoms with Crippen molar-refractivity contribution in [1.29, 1.82) is 0 Å². The van der Waals surface area contributed by atoms with Crippen LogP contribution in [0.25, 0.3) is 0 Å². The average Bonchev–Trinajstić information content (AvgIpc) is 2.45. The van der Waals surface area contributed by atoms with Crippen LogP contribution in [0.5, 0.6) is 0 Å². The fraction of sp³-hybridized carbons (Fsp3) is 0.600. The highest BCUT2D eigenvalue weighted by molar-refractivity contribution is 6.29. The van der Waals surface area contributed by atoms with Crippen LogP contribution >= 0.6 is 11.6 Å². The lowest BCUT2D eigenvalue weighted by molar-refractivity contribution is 0.153. The van der Waals surface area contributed by atoms with E-state index >= 15 is 0 Å². The molecule has 3 nitrogen and oxygen atoms in total. The molecule has 3 N–H and O–H groups in total. The Morgan fingerprint density at radius 1 is 1.43 bits per heavy atom. The fourth-order valence-electron chi connectivity index (χ4n) is 1.33. The summed E-state index contributed by atoms with van der Waals surface area (Å²) in [7, 11) is 0. The van der Waals surface area contributed by atoms with Crippen molar-refractivity contribution in [3.05, 3.63) is 23.0 Å². The lowest BCUT2D eigenvalue weighted by Gasteiger charge is -2.12. The summed E-state index contributed by atoms with van der Waals surface area (Å²) in [5.74, 6) is 0. The Bertz CT molecular complexity index is 307. The van der Waals surface area contributed by atoms with E-state index in [0.717, 1.165) is 5.56 Å². The monoisotopic (exact) mass is 216 g/mol. The van der Waals surface area contributed by atoms with E-state index in [-0.39, 0.29) is 12.1 Å². The molecule has 0 amide bonds. The van der Waals surface area contributed by atoms with Gasteiger partial charge in [-0.25, -0.2) is 0 Å². The molecular formula is C10H17ClN2O. The Hall–Kier alpha value is -0.510. The maximum Gasteiger partial charge on any atom is 0.109 e. The van der Waals surface area contributed by atoms with Crippen LogP contribution in [0.4, 0.5) is 0 Å². The molecule has 4 heteroatoms. The predicted molar refractivity (Wildman–Crippen MR) is 58.4 cm³/mol. The maximum absolute atomic E-state index is 9.72. The van der Waals surface area contributed by atoms with Gasteiger partial charge in [-0.1, -0.05) is 11.6 Å². The number of hydrogen-bond donors (Lipinski definition) is 2. The topological polar surface area (TPSA) is 51.2 Å². The molecule has 0 aromatic carbocycles. The Balaban J connectivity index is 2.96. The van der Waals surface area contributed by atoms with Gasteiger partial charge in [-0.2, -0.15) is 0 Å². The minimum absolute atomic E-state index is 0.283. The van der Waals surface area contributed by atoms with Crippen LogP contribution in [0.15, 0.2) is 12.3 Å². The number of aliphatic hydroxyl groups excluding tert-OH is 1. The first-order valence-electron chi connectivity index (χ1n) is 4.74. The van der Waals surface area contributed by atoms with Crippen molar-refractivity contribution in [2.24, 2.45) is 5.73 Å². The summed E-state index contributed by atoms with van der Waals surface area (Å²) in [5.41, 5.74) is 6.38. The highest BCUT2D eigenvalue weighted by Crippen LogP contribution is 2.24. The van der Waals surface area contributed by atoms with E-state index in [1.54, 1.807) is 13.0 Å². The van der Waals surface area contributed by atoms with Crippen molar-refractivity contribution in [2.45, 2.75) is 39.0 Å². The lowest BCUT2D eigenvalue weighted by Crippen LogP contribution is -2.24. The average molecular weight is 217 g/mol. The molecule has 0 aliphatic carbocycles. The number of nitrogens with zero attached hydrogens (tertiary/aromatic N) is 1. The van der Waals surface area contributed by atoms with Crippen molar-refractivity contribution in [2.75, 3.05) is 0 Å². The third-order valence-electron chi connectivity index (χ3n) is 2.22. The van der Waals surface area contributed by atoms with Gasteiger partial charge in [0.15, 0.2) is 0 Å². The fourth-order valence-corrected chi connectivity index (χ4v) is 1.70. The van der Waals surface area contributed by atoms with Crippen molar-refractivity contribution in [1.82, 2.24) is 4.57 Å². The largest absolute Gasteiger partial charge is 0.387 e. The molecule has 0 aliphatic rings. The first-order valence-corrected chi connectivity index (χ1v) is 5.12. The summed E-state index contributed by atoms with van der Waals surface area (Å²) in [4.78, 5) is 0. The maximum atomic E-state index is 9.72. The standard InChI is InChI=1S/C10H17ClN2O/c1-6(2)13-5-8(4-9(13)11)10(14)7(3)12/h4-7,10,14H,12H2,1-3H3. The van der Waals surface area contributed by atoms with Crippen molar-refractivity contribution < 1.29 is 5.11 Å². The molecule has 0 aliphatic heterocycles. The Kier molecular flexibility index (Phi) is 3.59. The number of hydrogen-bond acceptors (Lipinski definition) is 2. The van der Waals surface area contributed by atoms with Gasteiger partial charge in [0, 0.05) is 23.8 Å². The van der Waals surface area contributed by atoms with Gasteiger partial charge in [-0.05, 0) is 26.8 Å². The first-order chi connectivity index (χ1) is 6.43. The molecule has 0 saturated carbocycles. The quantitative estimate of drug-likeness (QED) is 0.813. The molecular weight excluding hydrogens is 200 g/mol. The molecule has 0 fully saturated rings. The number of aliphatic hydroxyl groups is 1. The minimum Gasteiger partial charge on any atom is -0.387 e. The van der Waals surface area contributed by atoms with E-state index < -0.39 is 6.10 Å². The molecule has 0 spiro atoms. The lowest BCUT2D eigenvalue weighted by atomic mass is 10.1. The van der Waals surface area contributed by atoms with Gasteiger partial charge in [-0.15, -0.1) is 0 Å². The molecule has 2 atom stereocenters. The van der Waals surface area contributed by atoms with Gasteiger partial charge in [0.2, 0.25) is 0 Å². The summed E-state index contributed by atoms with van der Waals surface area (Å²) < 4.78 is 1.91. The van der Waals surface area contributed by atoms with Crippen molar-refractivity contribution >= 4 is 11.6 Å². The summed E-state index contributed by atoms with van der Waals surface area (Å²) in [5, 5.41) is 10.4. The van der Waals surface area contributed by atoms with Gasteiger partial charge in [0.1, 0.15) is 5.15 Å². The van der Waals surface area contributed by atoms with Crippen LogP contribution < -0.4 is 5.73 Å². The van der Waals surface area contributed by atoms with E-state index in [9.17, 15) is 5.11 Å².